The number of aryl methyl sites for hydroxylation is 1. The molecule has 0 aromatic heterocycles. The summed E-state index contributed by atoms with van der Waals surface area (Å²) >= 11 is 0. The molecule has 0 fully saturated rings. The molecule has 0 aliphatic rings. The van der Waals surface area contributed by atoms with Gasteiger partial charge in [0.25, 0.3) is 0 Å². The average Bonchev–Trinajstić information content (AvgIpc) is 2.47. The Bertz CT molecular complexity index is 521. The van der Waals surface area contributed by atoms with Gasteiger partial charge >= 0.3 is 0 Å². The van der Waals surface area contributed by atoms with Crippen LogP contribution in [0.1, 0.15) is 31.9 Å². The molecule has 19 heavy (non-hydrogen) atoms. The van der Waals surface area contributed by atoms with Gasteiger partial charge in [-0.05, 0) is 28.7 Å². The highest BCUT2D eigenvalue weighted by Crippen LogP contribution is 2.26. The monoisotopic (exact) mass is 253 g/mol. The van der Waals surface area contributed by atoms with Crippen LogP contribution < -0.4 is 5.73 Å². The minimum Gasteiger partial charge on any atom is -0.330 e. The molecule has 0 unspecified atom stereocenters. The van der Waals surface area contributed by atoms with Crippen molar-refractivity contribution < 1.29 is 0 Å². The zero-order chi connectivity index (χ0) is 13.9. The van der Waals surface area contributed by atoms with Crippen LogP contribution in [0, 0.1) is 0 Å². The van der Waals surface area contributed by atoms with Gasteiger partial charge in [-0.2, -0.15) is 0 Å². The number of hydrogen-bond donors (Lipinski definition) is 1. The third-order valence-electron chi connectivity index (χ3n) is 3.87. The summed E-state index contributed by atoms with van der Waals surface area (Å²) in [6, 6.07) is 17.6. The fourth-order valence-electron chi connectivity index (χ4n) is 2.16. The average molecular weight is 253 g/mol. The van der Waals surface area contributed by atoms with Crippen LogP contribution in [0.25, 0.3) is 11.1 Å². The lowest BCUT2D eigenvalue weighted by atomic mass is 9.84. The van der Waals surface area contributed by atoms with Crippen LogP contribution in [-0.4, -0.2) is 6.54 Å². The van der Waals surface area contributed by atoms with E-state index in [1.54, 1.807) is 0 Å². The fraction of sp³-hybridized carbons (Fsp3) is 0.333. The van der Waals surface area contributed by atoms with Crippen LogP contribution in [0.3, 0.4) is 0 Å². The van der Waals surface area contributed by atoms with Crippen molar-refractivity contribution in [2.45, 2.75) is 32.6 Å². The molecule has 0 aliphatic heterocycles. The van der Waals surface area contributed by atoms with E-state index in [0.717, 1.165) is 6.42 Å². The lowest BCUT2D eigenvalue weighted by molar-refractivity contribution is 0.539. The summed E-state index contributed by atoms with van der Waals surface area (Å²) in [6.45, 7) is 7.20. The second kappa shape index (κ2) is 5.58. The van der Waals surface area contributed by atoms with Crippen molar-refractivity contribution in [1.29, 1.82) is 0 Å². The van der Waals surface area contributed by atoms with Gasteiger partial charge in [-0.3, -0.25) is 0 Å². The van der Waals surface area contributed by atoms with Gasteiger partial charge in [-0.1, -0.05) is 69.3 Å². The van der Waals surface area contributed by atoms with E-state index in [1.807, 2.05) is 0 Å². The minimum absolute atomic E-state index is 0.0462. The smallest absolute Gasteiger partial charge is 0.00190 e. The lowest BCUT2D eigenvalue weighted by Gasteiger charge is -2.23. The standard InChI is InChI=1S/C18H23N/c1-4-14-5-7-15(8-6-14)16-9-11-17(12-10-16)18(2,3)13-19/h5-12H,4,13,19H2,1-3H3. The molecular weight excluding hydrogens is 230 g/mol. The Morgan fingerprint density at radius 2 is 1.32 bits per heavy atom. The van der Waals surface area contributed by atoms with Gasteiger partial charge in [0, 0.05) is 12.0 Å². The first-order valence-electron chi connectivity index (χ1n) is 6.97. The van der Waals surface area contributed by atoms with Crippen LogP contribution in [-0.2, 0) is 11.8 Å². The molecule has 0 radical (unpaired) electrons. The molecule has 2 rings (SSSR count). The lowest BCUT2D eigenvalue weighted by Crippen LogP contribution is -2.27. The molecule has 0 spiro atoms. The van der Waals surface area contributed by atoms with Crippen molar-refractivity contribution in [3.8, 4) is 11.1 Å². The van der Waals surface area contributed by atoms with E-state index in [9.17, 15) is 0 Å². The zero-order valence-electron chi connectivity index (χ0n) is 12.1. The van der Waals surface area contributed by atoms with Crippen molar-refractivity contribution in [3.63, 3.8) is 0 Å². The minimum atomic E-state index is 0.0462. The molecule has 0 amide bonds. The van der Waals surface area contributed by atoms with Crippen molar-refractivity contribution >= 4 is 0 Å². The van der Waals surface area contributed by atoms with Crippen molar-refractivity contribution in [2.75, 3.05) is 6.54 Å². The highest BCUT2D eigenvalue weighted by atomic mass is 14.6. The molecule has 0 bridgehead atoms. The van der Waals surface area contributed by atoms with Crippen LogP contribution >= 0.6 is 0 Å². The second-order valence-electron chi connectivity index (χ2n) is 5.72. The predicted molar refractivity (Wildman–Crippen MR) is 83.3 cm³/mol. The van der Waals surface area contributed by atoms with E-state index >= 15 is 0 Å². The molecule has 0 saturated carbocycles. The molecule has 100 valence electrons. The van der Waals surface area contributed by atoms with E-state index in [4.69, 9.17) is 5.73 Å². The Morgan fingerprint density at radius 1 is 0.842 bits per heavy atom. The van der Waals surface area contributed by atoms with Crippen molar-refractivity contribution in [1.82, 2.24) is 0 Å². The first-order chi connectivity index (χ1) is 9.06. The number of hydrogen-bond acceptors (Lipinski definition) is 1. The van der Waals surface area contributed by atoms with Crippen LogP contribution in [0.2, 0.25) is 0 Å². The fourth-order valence-corrected chi connectivity index (χ4v) is 2.16. The summed E-state index contributed by atoms with van der Waals surface area (Å²) in [5, 5.41) is 0. The summed E-state index contributed by atoms with van der Waals surface area (Å²) < 4.78 is 0. The molecule has 2 aromatic rings. The van der Waals surface area contributed by atoms with Gasteiger partial charge in [0.15, 0.2) is 0 Å². The van der Waals surface area contributed by atoms with E-state index in [-0.39, 0.29) is 5.41 Å². The van der Waals surface area contributed by atoms with Gasteiger partial charge in [-0.25, -0.2) is 0 Å². The third-order valence-corrected chi connectivity index (χ3v) is 3.87. The van der Waals surface area contributed by atoms with Crippen LogP contribution in [0.5, 0.6) is 0 Å². The summed E-state index contributed by atoms with van der Waals surface area (Å²) in [5.41, 5.74) is 11.1. The number of benzene rings is 2. The molecule has 1 heteroatoms. The van der Waals surface area contributed by atoms with Gasteiger partial charge in [0.05, 0.1) is 0 Å². The quantitative estimate of drug-likeness (QED) is 0.870. The van der Waals surface area contributed by atoms with Gasteiger partial charge in [-0.15, -0.1) is 0 Å². The normalized spacial score (nSPS) is 11.6. The van der Waals surface area contributed by atoms with Gasteiger partial charge < -0.3 is 5.73 Å². The topological polar surface area (TPSA) is 26.0 Å². The maximum absolute atomic E-state index is 5.82. The molecule has 0 aliphatic carbocycles. The Hall–Kier alpha value is -1.60. The molecule has 1 nitrogen and oxygen atoms in total. The largest absolute Gasteiger partial charge is 0.330 e. The number of nitrogens with two attached hydrogens (primary N) is 1. The SMILES string of the molecule is CCc1ccc(-c2ccc(C(C)(C)CN)cc2)cc1. The van der Waals surface area contributed by atoms with E-state index in [2.05, 4.69) is 69.3 Å². The first-order valence-corrected chi connectivity index (χ1v) is 6.97. The summed E-state index contributed by atoms with van der Waals surface area (Å²) in [7, 11) is 0. The molecule has 0 saturated heterocycles. The van der Waals surface area contributed by atoms with E-state index in [0.29, 0.717) is 6.54 Å². The van der Waals surface area contributed by atoms with Crippen LogP contribution in [0.4, 0.5) is 0 Å². The highest BCUT2D eigenvalue weighted by molar-refractivity contribution is 5.64. The van der Waals surface area contributed by atoms with Gasteiger partial charge in [0.1, 0.15) is 0 Å². The molecule has 0 heterocycles. The molecule has 0 atom stereocenters. The maximum Gasteiger partial charge on any atom is 0.00190 e. The molecular formula is C18H23N. The first kappa shape index (κ1) is 13.8. The highest BCUT2D eigenvalue weighted by Gasteiger charge is 2.17. The maximum atomic E-state index is 5.82. The molecule has 2 aromatic carbocycles. The van der Waals surface area contributed by atoms with Crippen molar-refractivity contribution in [2.24, 2.45) is 5.73 Å². The summed E-state index contributed by atoms with van der Waals surface area (Å²) in [4.78, 5) is 0. The molecule has 2 N–H and O–H groups in total. The Labute approximate surface area is 116 Å². The summed E-state index contributed by atoms with van der Waals surface area (Å²) in [6.07, 6.45) is 1.09. The Balaban J connectivity index is 2.27. The van der Waals surface area contributed by atoms with E-state index in [1.165, 1.54) is 22.3 Å². The third kappa shape index (κ3) is 3.05. The van der Waals surface area contributed by atoms with Gasteiger partial charge in [0.2, 0.25) is 0 Å². The van der Waals surface area contributed by atoms with E-state index < -0.39 is 0 Å². The summed E-state index contributed by atoms with van der Waals surface area (Å²) in [5.74, 6) is 0. The van der Waals surface area contributed by atoms with Crippen molar-refractivity contribution in [3.05, 3.63) is 59.7 Å². The Kier molecular flexibility index (Phi) is 4.06. The Morgan fingerprint density at radius 3 is 1.74 bits per heavy atom. The van der Waals surface area contributed by atoms with Crippen LogP contribution in [0.15, 0.2) is 48.5 Å². The predicted octanol–water partition coefficient (Wildman–Crippen LogP) is 4.15. The zero-order valence-corrected chi connectivity index (χ0v) is 12.1. The second-order valence-corrected chi connectivity index (χ2v) is 5.72. The number of rotatable bonds is 4.